The van der Waals surface area contributed by atoms with E-state index in [-0.39, 0.29) is 32.2 Å². The van der Waals surface area contributed by atoms with Crippen molar-refractivity contribution in [3.8, 4) is 0 Å². The SMILES string of the molecule is CCCCCCCCCCCCCCCCCCCCCCCCCCCCCCCCCCCCCCCCCC(=O)OC(COC(=O)CCCCCCCCCCCCCCCCCCCCCCCCCCC)COC(OCC[N+](C)(C)C)C(=O)[O-]. The third kappa shape index (κ3) is 73.6. The zero-order chi connectivity index (χ0) is 64.7. The van der Waals surface area contributed by atoms with Crippen LogP contribution in [0.2, 0.25) is 0 Å². The van der Waals surface area contributed by atoms with Gasteiger partial charge >= 0.3 is 11.9 Å². The van der Waals surface area contributed by atoms with Crippen LogP contribution in [0.1, 0.15) is 438 Å². The maximum Gasteiger partial charge on any atom is 0.306 e. The number of carbonyl (C=O) groups excluding carboxylic acids is 3. The van der Waals surface area contributed by atoms with Crippen molar-refractivity contribution >= 4 is 17.9 Å². The Balaban J connectivity index is 3.91. The van der Waals surface area contributed by atoms with Crippen molar-refractivity contribution in [1.29, 1.82) is 0 Å². The molecule has 2 unspecified atom stereocenters. The monoisotopic (exact) mass is 1260 g/mol. The summed E-state index contributed by atoms with van der Waals surface area (Å²) in [4.78, 5) is 37.6. The molecule has 0 heterocycles. The van der Waals surface area contributed by atoms with Gasteiger partial charge in [0.2, 0.25) is 0 Å². The highest BCUT2D eigenvalue weighted by Crippen LogP contribution is 2.21. The molecular formula is C80H157NO8. The number of hydrogen-bond donors (Lipinski definition) is 0. The lowest BCUT2D eigenvalue weighted by Gasteiger charge is -2.26. The minimum absolute atomic E-state index is 0.154. The molecule has 9 nitrogen and oxygen atoms in total. The normalized spacial score (nSPS) is 12.5. The van der Waals surface area contributed by atoms with E-state index in [9.17, 15) is 19.5 Å². The third-order valence-corrected chi connectivity index (χ3v) is 18.9. The van der Waals surface area contributed by atoms with Crippen LogP contribution in [0.3, 0.4) is 0 Å². The van der Waals surface area contributed by atoms with Crippen LogP contribution in [0, 0.1) is 0 Å². The summed E-state index contributed by atoms with van der Waals surface area (Å²) in [5.41, 5.74) is 0. The fraction of sp³-hybridized carbons (Fsp3) is 0.963. The summed E-state index contributed by atoms with van der Waals surface area (Å²) in [6.45, 7) is 4.85. The molecule has 0 aromatic rings. The molecule has 0 bridgehead atoms. The average Bonchev–Trinajstić information content (AvgIpc) is 3.64. The molecule has 0 aliphatic carbocycles. The molecule has 0 saturated carbocycles. The van der Waals surface area contributed by atoms with Crippen molar-refractivity contribution in [3.05, 3.63) is 0 Å². The Labute approximate surface area is 555 Å². The molecule has 0 saturated heterocycles. The zero-order valence-corrected chi connectivity index (χ0v) is 60.9. The molecule has 0 aliphatic rings. The maximum absolute atomic E-state index is 13.0. The van der Waals surface area contributed by atoms with Gasteiger partial charge in [-0.1, -0.05) is 412 Å². The van der Waals surface area contributed by atoms with E-state index in [1.54, 1.807) is 0 Å². The summed E-state index contributed by atoms with van der Waals surface area (Å²) in [6, 6.07) is 0. The second kappa shape index (κ2) is 72.1. The van der Waals surface area contributed by atoms with Gasteiger partial charge in [-0.15, -0.1) is 0 Å². The minimum Gasteiger partial charge on any atom is -0.545 e. The Morgan fingerprint density at radius 2 is 0.506 bits per heavy atom. The Morgan fingerprint density at radius 1 is 0.292 bits per heavy atom. The number of carboxylic acid groups (broad SMARTS) is 1. The number of unbranched alkanes of at least 4 members (excludes halogenated alkanes) is 62. The number of ether oxygens (including phenoxy) is 4. The molecule has 0 aromatic carbocycles. The second-order valence-electron chi connectivity index (χ2n) is 29.1. The van der Waals surface area contributed by atoms with E-state index >= 15 is 0 Å². The van der Waals surface area contributed by atoms with Gasteiger partial charge in [-0.2, -0.15) is 0 Å². The molecule has 0 radical (unpaired) electrons. The van der Waals surface area contributed by atoms with Crippen molar-refractivity contribution in [3.63, 3.8) is 0 Å². The highest BCUT2D eigenvalue weighted by atomic mass is 16.7. The summed E-state index contributed by atoms with van der Waals surface area (Å²) in [5, 5.41) is 11.8. The molecule has 0 aliphatic heterocycles. The molecule has 89 heavy (non-hydrogen) atoms. The van der Waals surface area contributed by atoms with Gasteiger partial charge < -0.3 is 33.3 Å². The van der Waals surface area contributed by atoms with Gasteiger partial charge in [-0.25, -0.2) is 0 Å². The smallest absolute Gasteiger partial charge is 0.306 e. The molecule has 0 spiro atoms. The van der Waals surface area contributed by atoms with E-state index in [0.717, 1.165) is 38.5 Å². The van der Waals surface area contributed by atoms with Crippen molar-refractivity contribution in [1.82, 2.24) is 0 Å². The van der Waals surface area contributed by atoms with Crippen molar-refractivity contribution in [2.24, 2.45) is 0 Å². The molecule has 0 fully saturated rings. The van der Waals surface area contributed by atoms with Gasteiger partial charge in [0.15, 0.2) is 12.4 Å². The third-order valence-electron chi connectivity index (χ3n) is 18.9. The Kier molecular flexibility index (Phi) is 70.7. The van der Waals surface area contributed by atoms with Gasteiger partial charge in [-0.05, 0) is 12.8 Å². The summed E-state index contributed by atoms with van der Waals surface area (Å²) >= 11 is 0. The lowest BCUT2D eigenvalue weighted by atomic mass is 10.0. The first-order chi connectivity index (χ1) is 43.6. The highest BCUT2D eigenvalue weighted by Gasteiger charge is 2.22. The fourth-order valence-electron chi connectivity index (χ4n) is 12.7. The minimum atomic E-state index is -1.62. The maximum atomic E-state index is 13.0. The van der Waals surface area contributed by atoms with Crippen LogP contribution in [0.5, 0.6) is 0 Å². The van der Waals surface area contributed by atoms with Gasteiger partial charge in [-0.3, -0.25) is 9.59 Å². The number of likely N-dealkylation sites (N-methyl/N-ethyl adjacent to an activating group) is 1. The second-order valence-corrected chi connectivity index (χ2v) is 29.1. The number of carbonyl (C=O) groups is 3. The molecule has 2 atom stereocenters. The van der Waals surface area contributed by atoms with Crippen LogP contribution in [0.15, 0.2) is 0 Å². The van der Waals surface area contributed by atoms with Crippen LogP contribution < -0.4 is 5.11 Å². The van der Waals surface area contributed by atoms with Crippen LogP contribution in [0.25, 0.3) is 0 Å². The standard InChI is InChI=1S/C80H157NO8/c1-6-8-10-12-14-16-18-20-22-24-26-28-30-32-33-34-35-36-37-38-39-40-41-42-43-44-45-47-49-51-53-55-57-59-61-63-65-67-69-71-78(83)89-76(75-88-80(79(84)85)86-73-72-81(3,4)5)74-87-77(82)70-68-66-64-62-60-58-56-54-52-50-48-46-31-29-27-25-23-21-19-17-15-13-11-9-7-2/h76,80H,6-75H2,1-5H3. The number of esters is 2. The molecule has 0 aromatic heterocycles. The summed E-state index contributed by atoms with van der Waals surface area (Å²) < 4.78 is 22.9. The first-order valence-corrected chi connectivity index (χ1v) is 40.2. The molecule has 0 N–H and O–H groups in total. The van der Waals surface area contributed by atoms with Crippen molar-refractivity contribution < 1.29 is 42.9 Å². The average molecular weight is 1260 g/mol. The quantitative estimate of drug-likeness (QED) is 0.0256. The predicted octanol–water partition coefficient (Wildman–Crippen LogP) is 24.0. The van der Waals surface area contributed by atoms with Crippen LogP contribution >= 0.6 is 0 Å². The number of carboxylic acids is 1. The van der Waals surface area contributed by atoms with Crippen LogP contribution in [-0.4, -0.2) is 82.3 Å². The van der Waals surface area contributed by atoms with E-state index in [1.165, 1.54) is 372 Å². The van der Waals surface area contributed by atoms with Gasteiger partial charge in [0.1, 0.15) is 13.2 Å². The summed E-state index contributed by atoms with van der Waals surface area (Å²) in [6.07, 6.45) is 85.3. The molecular weight excluding hydrogens is 1100 g/mol. The molecule has 530 valence electrons. The van der Waals surface area contributed by atoms with E-state index in [0.29, 0.717) is 17.4 Å². The van der Waals surface area contributed by atoms with E-state index in [4.69, 9.17) is 18.9 Å². The van der Waals surface area contributed by atoms with Crippen LogP contribution in [0.4, 0.5) is 0 Å². The summed E-state index contributed by atoms with van der Waals surface area (Å²) in [7, 11) is 5.96. The summed E-state index contributed by atoms with van der Waals surface area (Å²) in [5.74, 6) is -2.24. The van der Waals surface area contributed by atoms with Crippen molar-refractivity contribution in [2.75, 3.05) is 47.5 Å². The largest absolute Gasteiger partial charge is 0.545 e. The van der Waals surface area contributed by atoms with E-state index < -0.39 is 24.3 Å². The van der Waals surface area contributed by atoms with Crippen molar-refractivity contribution in [2.45, 2.75) is 450 Å². The Bertz CT molecular complexity index is 1420. The Morgan fingerprint density at radius 3 is 0.719 bits per heavy atom. The first kappa shape index (κ1) is 87.3. The van der Waals surface area contributed by atoms with Gasteiger partial charge in [0, 0.05) is 12.8 Å². The Hall–Kier alpha value is -1.71. The number of quaternary nitrogens is 1. The number of rotatable bonds is 77. The lowest BCUT2D eigenvalue weighted by molar-refractivity contribution is -0.870. The fourth-order valence-corrected chi connectivity index (χ4v) is 12.7. The van der Waals surface area contributed by atoms with E-state index in [2.05, 4.69) is 13.8 Å². The predicted molar refractivity (Wildman–Crippen MR) is 381 cm³/mol. The number of nitrogens with zero attached hydrogens (tertiary/aromatic N) is 1. The zero-order valence-electron chi connectivity index (χ0n) is 60.9. The van der Waals surface area contributed by atoms with Gasteiger partial charge in [0.05, 0.1) is 40.3 Å². The lowest BCUT2D eigenvalue weighted by Crippen LogP contribution is -2.44. The van der Waals surface area contributed by atoms with E-state index in [1.807, 2.05) is 21.1 Å². The molecule has 0 amide bonds. The van der Waals surface area contributed by atoms with Gasteiger partial charge in [0.25, 0.3) is 0 Å². The topological polar surface area (TPSA) is 111 Å². The van der Waals surface area contributed by atoms with Crippen LogP contribution in [-0.2, 0) is 33.3 Å². The first-order valence-electron chi connectivity index (χ1n) is 40.2. The molecule has 0 rings (SSSR count). The molecule has 9 heteroatoms. The number of hydrogen-bond acceptors (Lipinski definition) is 8. The number of aliphatic carboxylic acids is 1. The highest BCUT2D eigenvalue weighted by molar-refractivity contribution is 5.70.